The van der Waals surface area contributed by atoms with Gasteiger partial charge in [0, 0.05) is 45.3 Å². The Morgan fingerprint density at radius 1 is 1.21 bits per heavy atom. The van der Waals surface area contributed by atoms with Crippen molar-refractivity contribution in [3.63, 3.8) is 0 Å². The molecular formula is C21H33FN4O3. The van der Waals surface area contributed by atoms with Crippen molar-refractivity contribution >= 4 is 12.1 Å². The molecule has 1 amide bonds. The molecule has 0 radical (unpaired) electrons. The van der Waals surface area contributed by atoms with Gasteiger partial charge < -0.3 is 25.4 Å². The number of hydrogen-bond donors (Lipinski definition) is 3. The van der Waals surface area contributed by atoms with Crippen LogP contribution in [-0.2, 0) is 14.9 Å². The van der Waals surface area contributed by atoms with Gasteiger partial charge in [0.1, 0.15) is 11.4 Å². The van der Waals surface area contributed by atoms with Crippen LogP contribution in [0.4, 0.5) is 9.18 Å². The third-order valence-corrected chi connectivity index (χ3v) is 4.79. The summed E-state index contributed by atoms with van der Waals surface area (Å²) in [6.45, 7) is 8.25. The van der Waals surface area contributed by atoms with E-state index in [1.54, 1.807) is 19.2 Å². The Kier molecular flexibility index (Phi) is 8.25. The number of alkyl carbamates (subject to hydrolysis) is 1. The number of nitrogens with zero attached hydrogens (tertiary/aromatic N) is 1. The summed E-state index contributed by atoms with van der Waals surface area (Å²) in [5.74, 6) is 0.391. The number of carbonyl (C=O) groups is 1. The maximum atomic E-state index is 13.8. The lowest BCUT2D eigenvalue weighted by molar-refractivity contribution is 0.0512. The summed E-state index contributed by atoms with van der Waals surface area (Å²) in [6.07, 6.45) is 1.16. The van der Waals surface area contributed by atoms with Gasteiger partial charge in [0.2, 0.25) is 0 Å². The number of benzene rings is 1. The Morgan fingerprint density at radius 3 is 2.52 bits per heavy atom. The van der Waals surface area contributed by atoms with Crippen LogP contribution in [0.2, 0.25) is 0 Å². The summed E-state index contributed by atoms with van der Waals surface area (Å²) in [4.78, 5) is 15.9. The number of carbonyl (C=O) groups excluding carboxylic acids is 1. The summed E-state index contributed by atoms with van der Waals surface area (Å²) in [6, 6.07) is 6.78. The van der Waals surface area contributed by atoms with Crippen molar-refractivity contribution < 1.29 is 18.7 Å². The van der Waals surface area contributed by atoms with Crippen LogP contribution in [0.15, 0.2) is 29.3 Å². The number of nitrogens with one attached hydrogen (secondary N) is 3. The number of halogens is 1. The Balaban J connectivity index is 1.87. The molecule has 1 saturated heterocycles. The van der Waals surface area contributed by atoms with Gasteiger partial charge >= 0.3 is 6.09 Å². The van der Waals surface area contributed by atoms with Crippen LogP contribution >= 0.6 is 0 Å². The number of amides is 1. The molecule has 0 spiro atoms. The predicted molar refractivity (Wildman–Crippen MR) is 112 cm³/mol. The molecule has 1 fully saturated rings. The molecule has 0 aromatic heterocycles. The summed E-state index contributed by atoms with van der Waals surface area (Å²) in [5.41, 5.74) is 0.229. The largest absolute Gasteiger partial charge is 0.444 e. The quantitative estimate of drug-likeness (QED) is 0.383. The molecule has 7 nitrogen and oxygen atoms in total. The standard InChI is InChI=1S/C21H33FN4O3/c1-20(2,3)29-19(27)25-11-10-24-18(23-4)26-15-21(8-12-28-13-9-21)16-6-5-7-17(22)14-16/h5-7,14H,8-13,15H2,1-4H3,(H,25,27)(H2,23,24,26). The van der Waals surface area contributed by atoms with Crippen molar-refractivity contribution in [3.8, 4) is 0 Å². The van der Waals surface area contributed by atoms with Gasteiger partial charge in [0.25, 0.3) is 0 Å². The normalized spacial score (nSPS) is 16.8. The Labute approximate surface area is 172 Å². The molecule has 162 valence electrons. The van der Waals surface area contributed by atoms with E-state index in [-0.39, 0.29) is 11.2 Å². The van der Waals surface area contributed by atoms with Gasteiger partial charge in [-0.05, 0) is 51.3 Å². The minimum Gasteiger partial charge on any atom is -0.444 e. The average Bonchev–Trinajstić information content (AvgIpc) is 2.67. The van der Waals surface area contributed by atoms with Crippen LogP contribution in [0.1, 0.15) is 39.2 Å². The lowest BCUT2D eigenvalue weighted by atomic mass is 9.74. The van der Waals surface area contributed by atoms with Crippen LogP contribution in [0.25, 0.3) is 0 Å². The molecular weight excluding hydrogens is 375 g/mol. The van der Waals surface area contributed by atoms with Gasteiger partial charge in [-0.2, -0.15) is 0 Å². The van der Waals surface area contributed by atoms with E-state index in [4.69, 9.17) is 9.47 Å². The molecule has 0 aliphatic carbocycles. The average molecular weight is 409 g/mol. The van der Waals surface area contributed by atoms with Crippen LogP contribution in [0, 0.1) is 5.82 Å². The zero-order valence-corrected chi connectivity index (χ0v) is 17.8. The summed E-state index contributed by atoms with van der Waals surface area (Å²) < 4.78 is 24.5. The molecule has 0 saturated carbocycles. The number of guanidine groups is 1. The highest BCUT2D eigenvalue weighted by molar-refractivity contribution is 5.79. The number of rotatable bonds is 6. The first-order valence-corrected chi connectivity index (χ1v) is 9.99. The second-order valence-corrected chi connectivity index (χ2v) is 8.18. The molecule has 1 heterocycles. The molecule has 0 atom stereocenters. The van der Waals surface area contributed by atoms with E-state index >= 15 is 0 Å². The first kappa shape index (κ1) is 22.9. The summed E-state index contributed by atoms with van der Waals surface area (Å²) in [5, 5.41) is 9.21. The zero-order valence-electron chi connectivity index (χ0n) is 17.8. The van der Waals surface area contributed by atoms with E-state index in [0.717, 1.165) is 18.4 Å². The monoisotopic (exact) mass is 408 g/mol. The van der Waals surface area contributed by atoms with Crippen LogP contribution in [0.5, 0.6) is 0 Å². The minimum absolute atomic E-state index is 0.216. The number of hydrogen-bond acceptors (Lipinski definition) is 4. The highest BCUT2D eigenvalue weighted by atomic mass is 19.1. The van der Waals surface area contributed by atoms with E-state index in [2.05, 4.69) is 20.9 Å². The first-order chi connectivity index (χ1) is 13.7. The van der Waals surface area contributed by atoms with Gasteiger partial charge in [0.15, 0.2) is 5.96 Å². The topological polar surface area (TPSA) is 84.0 Å². The smallest absolute Gasteiger partial charge is 0.407 e. The summed E-state index contributed by atoms with van der Waals surface area (Å²) >= 11 is 0. The Morgan fingerprint density at radius 2 is 1.90 bits per heavy atom. The third kappa shape index (κ3) is 7.53. The van der Waals surface area contributed by atoms with E-state index < -0.39 is 11.7 Å². The molecule has 8 heteroatoms. The zero-order chi connectivity index (χ0) is 21.3. The SMILES string of the molecule is CN=C(NCCNC(=O)OC(C)(C)C)NCC1(c2cccc(F)c2)CCOCC1. The predicted octanol–water partition coefficient (Wildman–Crippen LogP) is 2.56. The van der Waals surface area contributed by atoms with Crippen molar-refractivity contribution in [2.75, 3.05) is 39.9 Å². The van der Waals surface area contributed by atoms with Crippen molar-refractivity contribution in [2.45, 2.75) is 44.6 Å². The van der Waals surface area contributed by atoms with Gasteiger partial charge in [-0.3, -0.25) is 4.99 Å². The fourth-order valence-corrected chi connectivity index (χ4v) is 3.28. The first-order valence-electron chi connectivity index (χ1n) is 9.99. The van der Waals surface area contributed by atoms with Crippen LogP contribution in [-0.4, -0.2) is 57.5 Å². The fraction of sp³-hybridized carbons (Fsp3) is 0.619. The molecule has 3 N–H and O–H groups in total. The Hall–Kier alpha value is -2.35. The van der Waals surface area contributed by atoms with E-state index in [9.17, 15) is 9.18 Å². The van der Waals surface area contributed by atoms with E-state index in [1.165, 1.54) is 6.07 Å². The lowest BCUT2D eigenvalue weighted by Gasteiger charge is -2.38. The van der Waals surface area contributed by atoms with Crippen molar-refractivity contribution in [1.29, 1.82) is 0 Å². The van der Waals surface area contributed by atoms with E-state index in [0.29, 0.717) is 38.8 Å². The summed E-state index contributed by atoms with van der Waals surface area (Å²) in [7, 11) is 1.69. The van der Waals surface area contributed by atoms with Gasteiger partial charge in [0.05, 0.1) is 0 Å². The van der Waals surface area contributed by atoms with Crippen molar-refractivity contribution in [3.05, 3.63) is 35.6 Å². The van der Waals surface area contributed by atoms with Gasteiger partial charge in [-0.15, -0.1) is 0 Å². The molecule has 0 unspecified atom stereocenters. The van der Waals surface area contributed by atoms with Gasteiger partial charge in [-0.25, -0.2) is 9.18 Å². The molecule has 29 heavy (non-hydrogen) atoms. The molecule has 1 aliphatic heterocycles. The molecule has 2 rings (SSSR count). The fourth-order valence-electron chi connectivity index (χ4n) is 3.28. The Bertz CT molecular complexity index is 697. The second-order valence-electron chi connectivity index (χ2n) is 8.18. The number of ether oxygens (including phenoxy) is 2. The maximum absolute atomic E-state index is 13.8. The minimum atomic E-state index is -0.524. The molecule has 1 aromatic carbocycles. The highest BCUT2D eigenvalue weighted by Crippen LogP contribution is 2.34. The maximum Gasteiger partial charge on any atom is 0.407 e. The highest BCUT2D eigenvalue weighted by Gasteiger charge is 2.34. The van der Waals surface area contributed by atoms with Crippen LogP contribution in [0.3, 0.4) is 0 Å². The third-order valence-electron chi connectivity index (χ3n) is 4.79. The van der Waals surface area contributed by atoms with Crippen molar-refractivity contribution in [2.24, 2.45) is 4.99 Å². The lowest BCUT2D eigenvalue weighted by Crippen LogP contribution is -2.49. The molecule has 1 aromatic rings. The molecule has 1 aliphatic rings. The van der Waals surface area contributed by atoms with Crippen LogP contribution < -0.4 is 16.0 Å². The number of aliphatic imine (C=N–C) groups is 1. The molecule has 0 bridgehead atoms. The van der Waals surface area contributed by atoms with E-state index in [1.807, 2.05) is 26.8 Å². The van der Waals surface area contributed by atoms with Crippen molar-refractivity contribution in [1.82, 2.24) is 16.0 Å². The van der Waals surface area contributed by atoms with Gasteiger partial charge in [-0.1, -0.05) is 12.1 Å². The second kappa shape index (κ2) is 10.4.